The Morgan fingerprint density at radius 2 is 2.54 bits per heavy atom. The molecule has 0 aliphatic carbocycles. The summed E-state index contributed by atoms with van der Waals surface area (Å²) in [6.45, 7) is 6.95. The monoisotopic (exact) mass is 195 g/mol. The molecule has 1 aromatic rings. The zero-order valence-electron chi connectivity index (χ0n) is 8.12. The van der Waals surface area contributed by atoms with Crippen molar-refractivity contribution in [1.29, 1.82) is 0 Å². The maximum Gasteiger partial charge on any atom is 0.0150 e. The van der Waals surface area contributed by atoms with Gasteiger partial charge in [0.05, 0.1) is 0 Å². The topological polar surface area (TPSA) is 12.0 Å². The van der Waals surface area contributed by atoms with Crippen molar-refractivity contribution < 1.29 is 0 Å². The van der Waals surface area contributed by atoms with E-state index in [4.69, 9.17) is 0 Å². The van der Waals surface area contributed by atoms with Crippen LogP contribution in [-0.2, 0) is 6.42 Å². The first kappa shape index (κ1) is 10.5. The van der Waals surface area contributed by atoms with Crippen LogP contribution in [0.2, 0.25) is 0 Å². The molecule has 72 valence electrons. The van der Waals surface area contributed by atoms with Crippen LogP contribution in [0.4, 0.5) is 0 Å². The SMILES string of the molecule is C=CCC(Cc1cccs1)NCC. The maximum absolute atomic E-state index is 3.78. The van der Waals surface area contributed by atoms with Crippen LogP contribution in [0.15, 0.2) is 30.2 Å². The van der Waals surface area contributed by atoms with Crippen molar-refractivity contribution in [3.05, 3.63) is 35.0 Å². The number of rotatable bonds is 6. The van der Waals surface area contributed by atoms with Gasteiger partial charge in [0.2, 0.25) is 0 Å². The molecule has 0 saturated carbocycles. The summed E-state index contributed by atoms with van der Waals surface area (Å²) in [5.74, 6) is 0. The lowest BCUT2D eigenvalue weighted by molar-refractivity contribution is 0.533. The van der Waals surface area contributed by atoms with E-state index in [9.17, 15) is 0 Å². The van der Waals surface area contributed by atoms with Crippen LogP contribution in [-0.4, -0.2) is 12.6 Å². The number of hydrogen-bond acceptors (Lipinski definition) is 2. The average molecular weight is 195 g/mol. The molecule has 1 aromatic heterocycles. The third-order valence-electron chi connectivity index (χ3n) is 1.97. The van der Waals surface area contributed by atoms with Gasteiger partial charge in [-0.05, 0) is 30.8 Å². The first-order chi connectivity index (χ1) is 6.36. The summed E-state index contributed by atoms with van der Waals surface area (Å²) in [6.07, 6.45) is 4.16. The highest BCUT2D eigenvalue weighted by molar-refractivity contribution is 7.09. The van der Waals surface area contributed by atoms with Crippen LogP contribution >= 0.6 is 11.3 Å². The summed E-state index contributed by atoms with van der Waals surface area (Å²) in [5.41, 5.74) is 0. The van der Waals surface area contributed by atoms with E-state index in [2.05, 4.69) is 36.3 Å². The van der Waals surface area contributed by atoms with E-state index in [0.717, 1.165) is 19.4 Å². The van der Waals surface area contributed by atoms with Crippen LogP contribution < -0.4 is 5.32 Å². The Hall–Kier alpha value is -0.600. The van der Waals surface area contributed by atoms with E-state index < -0.39 is 0 Å². The van der Waals surface area contributed by atoms with Gasteiger partial charge in [0.15, 0.2) is 0 Å². The van der Waals surface area contributed by atoms with Crippen molar-refractivity contribution in [2.45, 2.75) is 25.8 Å². The van der Waals surface area contributed by atoms with Gasteiger partial charge in [0, 0.05) is 10.9 Å². The normalized spacial score (nSPS) is 12.7. The summed E-state index contributed by atoms with van der Waals surface area (Å²) in [5, 5.41) is 5.59. The van der Waals surface area contributed by atoms with E-state index in [-0.39, 0.29) is 0 Å². The Balaban J connectivity index is 2.42. The molecule has 0 amide bonds. The summed E-state index contributed by atoms with van der Waals surface area (Å²) in [4.78, 5) is 1.45. The summed E-state index contributed by atoms with van der Waals surface area (Å²) >= 11 is 1.83. The molecule has 0 saturated heterocycles. The molecule has 0 aliphatic heterocycles. The molecule has 1 nitrogen and oxygen atoms in total. The fourth-order valence-electron chi connectivity index (χ4n) is 1.40. The van der Waals surface area contributed by atoms with Crippen molar-refractivity contribution in [2.75, 3.05) is 6.54 Å². The Labute approximate surface area is 84.5 Å². The third-order valence-corrected chi connectivity index (χ3v) is 2.87. The molecule has 1 atom stereocenters. The van der Waals surface area contributed by atoms with E-state index in [1.54, 1.807) is 0 Å². The van der Waals surface area contributed by atoms with E-state index in [0.29, 0.717) is 6.04 Å². The zero-order chi connectivity index (χ0) is 9.52. The molecule has 1 rings (SSSR count). The van der Waals surface area contributed by atoms with Gasteiger partial charge in [-0.3, -0.25) is 0 Å². The molecule has 0 aliphatic rings. The van der Waals surface area contributed by atoms with E-state index >= 15 is 0 Å². The number of nitrogens with one attached hydrogen (secondary N) is 1. The molecule has 2 heteroatoms. The first-order valence-corrected chi connectivity index (χ1v) is 5.61. The lowest BCUT2D eigenvalue weighted by atomic mass is 10.1. The number of hydrogen-bond donors (Lipinski definition) is 1. The Morgan fingerprint density at radius 3 is 3.08 bits per heavy atom. The zero-order valence-corrected chi connectivity index (χ0v) is 8.94. The second-order valence-corrected chi connectivity index (χ2v) is 4.09. The van der Waals surface area contributed by atoms with Crippen LogP contribution in [0, 0.1) is 0 Å². The summed E-state index contributed by atoms with van der Waals surface area (Å²) in [6, 6.07) is 4.86. The van der Waals surface area contributed by atoms with Crippen molar-refractivity contribution in [3.63, 3.8) is 0 Å². The third kappa shape index (κ3) is 3.75. The maximum atomic E-state index is 3.78. The lowest BCUT2D eigenvalue weighted by Gasteiger charge is -2.14. The molecule has 1 N–H and O–H groups in total. The van der Waals surface area contributed by atoms with Gasteiger partial charge in [-0.15, -0.1) is 17.9 Å². The second kappa shape index (κ2) is 5.95. The molecule has 0 aromatic carbocycles. The highest BCUT2D eigenvalue weighted by Crippen LogP contribution is 2.12. The van der Waals surface area contributed by atoms with Gasteiger partial charge in [-0.1, -0.05) is 19.1 Å². The minimum atomic E-state index is 0.557. The molecule has 1 heterocycles. The molecule has 0 bridgehead atoms. The first-order valence-electron chi connectivity index (χ1n) is 4.73. The highest BCUT2D eigenvalue weighted by Gasteiger charge is 2.06. The van der Waals surface area contributed by atoms with Gasteiger partial charge in [-0.25, -0.2) is 0 Å². The molecular formula is C11H17NS. The van der Waals surface area contributed by atoms with E-state index in [1.165, 1.54) is 4.88 Å². The molecule has 1 unspecified atom stereocenters. The smallest absolute Gasteiger partial charge is 0.0150 e. The minimum Gasteiger partial charge on any atom is -0.314 e. The van der Waals surface area contributed by atoms with Gasteiger partial charge in [-0.2, -0.15) is 0 Å². The van der Waals surface area contributed by atoms with Crippen molar-refractivity contribution >= 4 is 11.3 Å². The quantitative estimate of drug-likeness (QED) is 0.688. The molecule has 0 fully saturated rings. The number of thiophene rings is 1. The predicted octanol–water partition coefficient (Wildman–Crippen LogP) is 2.84. The average Bonchev–Trinajstić information content (AvgIpc) is 2.58. The van der Waals surface area contributed by atoms with Gasteiger partial charge < -0.3 is 5.32 Å². The highest BCUT2D eigenvalue weighted by atomic mass is 32.1. The number of likely N-dealkylation sites (N-methyl/N-ethyl adjacent to an activating group) is 1. The fourth-order valence-corrected chi connectivity index (χ4v) is 2.19. The Bertz CT molecular complexity index is 228. The molecule has 0 radical (unpaired) electrons. The van der Waals surface area contributed by atoms with Crippen molar-refractivity contribution in [1.82, 2.24) is 5.32 Å². The lowest BCUT2D eigenvalue weighted by Crippen LogP contribution is -2.30. The molecule has 0 spiro atoms. The van der Waals surface area contributed by atoms with Crippen LogP contribution in [0.3, 0.4) is 0 Å². The van der Waals surface area contributed by atoms with Gasteiger partial charge in [0.25, 0.3) is 0 Å². The van der Waals surface area contributed by atoms with Crippen molar-refractivity contribution in [2.24, 2.45) is 0 Å². The second-order valence-electron chi connectivity index (χ2n) is 3.06. The van der Waals surface area contributed by atoms with Gasteiger partial charge >= 0.3 is 0 Å². The minimum absolute atomic E-state index is 0.557. The van der Waals surface area contributed by atoms with E-state index in [1.807, 2.05) is 17.4 Å². The van der Waals surface area contributed by atoms with Crippen LogP contribution in [0.1, 0.15) is 18.2 Å². The molecular weight excluding hydrogens is 178 g/mol. The standard InChI is InChI=1S/C11H17NS/c1-3-6-10(12-4-2)9-11-7-5-8-13-11/h3,5,7-8,10,12H,1,4,6,9H2,2H3. The van der Waals surface area contributed by atoms with Crippen molar-refractivity contribution in [3.8, 4) is 0 Å². The Kier molecular flexibility index (Phi) is 4.79. The summed E-state index contributed by atoms with van der Waals surface area (Å²) < 4.78 is 0. The fraction of sp³-hybridized carbons (Fsp3) is 0.455. The predicted molar refractivity (Wildman–Crippen MR) is 60.3 cm³/mol. The van der Waals surface area contributed by atoms with Gasteiger partial charge in [0.1, 0.15) is 0 Å². The summed E-state index contributed by atoms with van der Waals surface area (Å²) in [7, 11) is 0. The van der Waals surface area contributed by atoms with Crippen LogP contribution in [0.5, 0.6) is 0 Å². The largest absolute Gasteiger partial charge is 0.314 e. The Morgan fingerprint density at radius 1 is 1.69 bits per heavy atom. The molecule has 13 heavy (non-hydrogen) atoms. The van der Waals surface area contributed by atoms with Crippen LogP contribution in [0.25, 0.3) is 0 Å².